The number of aryl methyl sites for hydroxylation is 2. The number of piperidine rings is 1. The fourth-order valence-corrected chi connectivity index (χ4v) is 6.01. The minimum atomic E-state index is -0.403. The van der Waals surface area contributed by atoms with Crippen LogP contribution >= 0.6 is 0 Å². The zero-order valence-electron chi connectivity index (χ0n) is 24.0. The first kappa shape index (κ1) is 29.7. The molecule has 2 aliphatic rings. The van der Waals surface area contributed by atoms with Crippen LogP contribution in [0.4, 0.5) is 9.18 Å². The molecule has 0 unspecified atom stereocenters. The smallest absolute Gasteiger partial charge is 0.399 e. The van der Waals surface area contributed by atoms with Crippen LogP contribution in [-0.2, 0) is 24.1 Å². The number of rotatable bonds is 9. The first-order valence-corrected chi connectivity index (χ1v) is 14.3. The van der Waals surface area contributed by atoms with Crippen LogP contribution in [0.3, 0.4) is 0 Å². The third-order valence-electron chi connectivity index (χ3n) is 8.44. The summed E-state index contributed by atoms with van der Waals surface area (Å²) in [6, 6.07) is 4.54. The summed E-state index contributed by atoms with van der Waals surface area (Å²) in [7, 11) is 0. The van der Waals surface area contributed by atoms with Gasteiger partial charge in [0.05, 0.1) is 25.3 Å². The van der Waals surface area contributed by atoms with Gasteiger partial charge in [0.25, 0.3) is 5.56 Å². The normalized spacial score (nSPS) is 20.5. The lowest BCUT2D eigenvalue weighted by molar-refractivity contribution is -0.947. The Morgan fingerprint density at radius 1 is 1.27 bits per heavy atom. The van der Waals surface area contributed by atoms with Crippen LogP contribution in [0.2, 0.25) is 0 Å². The van der Waals surface area contributed by atoms with Gasteiger partial charge in [0.15, 0.2) is 5.58 Å². The fourth-order valence-electron chi connectivity index (χ4n) is 6.01. The second-order valence-electron chi connectivity index (χ2n) is 11.1. The van der Waals surface area contributed by atoms with E-state index in [1.807, 2.05) is 11.5 Å². The van der Waals surface area contributed by atoms with Crippen LogP contribution in [0.5, 0.6) is 0 Å². The van der Waals surface area contributed by atoms with E-state index in [-0.39, 0.29) is 31.5 Å². The number of carbonyl (C=O) groups is 1. The van der Waals surface area contributed by atoms with Crippen LogP contribution in [0, 0.1) is 20.2 Å². The number of unbranched alkanes of at least 4 members (excludes halogenated alkanes) is 1. The molecule has 1 aromatic carbocycles. The number of nitrogens with zero attached hydrogens (tertiary/aromatic N) is 4. The molecule has 10 heteroatoms. The number of hydrogen-bond donors (Lipinski definition) is 1. The van der Waals surface area contributed by atoms with Crippen molar-refractivity contribution >= 4 is 17.1 Å². The Morgan fingerprint density at radius 3 is 2.85 bits per heavy atom. The van der Waals surface area contributed by atoms with E-state index in [4.69, 9.17) is 14.2 Å². The topological polar surface area (TPSA) is 99.2 Å². The Morgan fingerprint density at radius 2 is 2.08 bits per heavy atom. The predicted molar refractivity (Wildman–Crippen MR) is 151 cm³/mol. The third-order valence-corrected chi connectivity index (χ3v) is 8.44. The molecule has 9 nitrogen and oxygen atoms in total. The quantitative estimate of drug-likeness (QED) is 0.226. The number of quaternary nitrogens is 1. The van der Waals surface area contributed by atoms with Crippen molar-refractivity contribution in [3.63, 3.8) is 0 Å². The molecule has 40 heavy (non-hydrogen) atoms. The van der Waals surface area contributed by atoms with E-state index in [0.717, 1.165) is 92.7 Å². The number of ether oxygens (including phenoxy) is 1. The molecule has 218 valence electrons. The molecule has 2 aromatic heterocycles. The molecule has 1 amide bonds. The minimum absolute atomic E-state index is 0. The van der Waals surface area contributed by atoms with Gasteiger partial charge in [-0.25, -0.2) is 14.2 Å². The first-order chi connectivity index (χ1) is 18.9. The third kappa shape index (κ3) is 6.37. The Bertz CT molecular complexity index is 1380. The molecule has 5 rings (SSSR count). The average molecular weight is 556 g/mol. The Balaban J connectivity index is 0.00000370. The van der Waals surface area contributed by atoms with Gasteiger partial charge in [0.1, 0.15) is 11.6 Å². The number of fused-ring (bicyclic) bond motifs is 2. The molecule has 0 radical (unpaired) electrons. The zero-order chi connectivity index (χ0) is 27.4. The monoisotopic (exact) mass is 555 g/mol. The lowest BCUT2D eigenvalue weighted by atomic mass is 9.90. The second kappa shape index (κ2) is 12.9. The highest BCUT2D eigenvalue weighted by Gasteiger charge is 2.37. The molecule has 0 atom stereocenters. The SMILES string of the molecule is CCCCNC(=O)OC[N+]1(CCc2c(C)nc3n(c2=O)CCCC3)CCC(c2noc3cc(F)ccc23)CC1.[CH3-]. The summed E-state index contributed by atoms with van der Waals surface area (Å²) in [6.07, 6.45) is 6.63. The van der Waals surface area contributed by atoms with Crippen LogP contribution in [-0.4, -0.2) is 58.2 Å². The maximum Gasteiger partial charge on any atom is 0.411 e. The summed E-state index contributed by atoms with van der Waals surface area (Å²) in [5.74, 6) is 0.713. The zero-order valence-corrected chi connectivity index (χ0v) is 24.0. The predicted octanol–water partition coefficient (Wildman–Crippen LogP) is 5.04. The fraction of sp³-hybridized carbons (Fsp3) is 0.567. The Hall–Kier alpha value is -3.27. The van der Waals surface area contributed by atoms with Gasteiger partial charge in [-0.1, -0.05) is 18.5 Å². The maximum atomic E-state index is 13.6. The molecule has 0 aliphatic carbocycles. The lowest BCUT2D eigenvalue weighted by Crippen LogP contribution is -2.56. The number of benzene rings is 1. The Kier molecular flexibility index (Phi) is 9.60. The van der Waals surface area contributed by atoms with Crippen molar-refractivity contribution in [1.82, 2.24) is 20.0 Å². The highest BCUT2D eigenvalue weighted by Crippen LogP contribution is 2.35. The van der Waals surface area contributed by atoms with Gasteiger partial charge in [0.2, 0.25) is 6.73 Å². The molecule has 2 aliphatic heterocycles. The van der Waals surface area contributed by atoms with E-state index in [9.17, 15) is 14.0 Å². The van der Waals surface area contributed by atoms with Crippen LogP contribution in [0.25, 0.3) is 11.0 Å². The number of aromatic nitrogens is 3. The molecule has 0 bridgehead atoms. The molecular formula is C30H42FN5O4. The summed E-state index contributed by atoms with van der Waals surface area (Å²) >= 11 is 0. The van der Waals surface area contributed by atoms with Crippen molar-refractivity contribution in [1.29, 1.82) is 0 Å². The summed E-state index contributed by atoms with van der Waals surface area (Å²) in [6.45, 7) is 7.78. The molecule has 1 N–H and O–H groups in total. The van der Waals surface area contributed by atoms with E-state index >= 15 is 0 Å². The van der Waals surface area contributed by atoms with Crippen molar-refractivity contribution in [2.75, 3.05) is 32.9 Å². The first-order valence-electron chi connectivity index (χ1n) is 14.3. The molecule has 1 fully saturated rings. The number of nitrogens with one attached hydrogen (secondary N) is 1. The lowest BCUT2D eigenvalue weighted by Gasteiger charge is -2.42. The van der Waals surface area contributed by atoms with Gasteiger partial charge in [-0.15, -0.1) is 0 Å². The van der Waals surface area contributed by atoms with Gasteiger partial charge >= 0.3 is 6.09 Å². The maximum absolute atomic E-state index is 13.6. The standard InChI is InChI=1S/C29H38FN5O4.CH3/c1-3-4-13-31-29(37)38-19-35(17-12-23-20(2)32-26-7-5-6-14-34(26)28(23)36)15-10-21(11-16-35)27-24-9-8-22(30)18-25(24)39-33-27;/h8-9,18,21H,3-7,10-17,19H2,1-2H3;1H3/q;-1/p+1. The van der Waals surface area contributed by atoms with Crippen LogP contribution < -0.4 is 10.9 Å². The van der Waals surface area contributed by atoms with Crippen molar-refractivity contribution in [3.05, 3.63) is 64.6 Å². The molecule has 1 saturated heterocycles. The van der Waals surface area contributed by atoms with E-state index in [1.54, 1.807) is 6.07 Å². The van der Waals surface area contributed by atoms with E-state index in [2.05, 4.69) is 17.4 Å². The Labute approximate surface area is 235 Å². The van der Waals surface area contributed by atoms with Gasteiger partial charge < -0.3 is 22.0 Å². The van der Waals surface area contributed by atoms with E-state index in [1.165, 1.54) is 12.1 Å². The number of halogens is 1. The van der Waals surface area contributed by atoms with Crippen molar-refractivity contribution in [2.24, 2.45) is 0 Å². The second-order valence-corrected chi connectivity index (χ2v) is 11.1. The summed E-state index contributed by atoms with van der Waals surface area (Å²) in [5, 5.41) is 7.96. The van der Waals surface area contributed by atoms with Crippen LogP contribution in [0.1, 0.15) is 74.1 Å². The van der Waals surface area contributed by atoms with Gasteiger partial charge in [-0.2, -0.15) is 0 Å². The van der Waals surface area contributed by atoms with Gasteiger partial charge in [-0.05, 0) is 38.3 Å². The highest BCUT2D eigenvalue weighted by molar-refractivity contribution is 5.79. The number of hydrogen-bond acceptors (Lipinski definition) is 6. The van der Waals surface area contributed by atoms with Crippen molar-refractivity contribution < 1.29 is 22.9 Å². The molecule has 4 heterocycles. The largest absolute Gasteiger partial charge is 0.411 e. The summed E-state index contributed by atoms with van der Waals surface area (Å²) < 4.78 is 27.2. The van der Waals surface area contributed by atoms with Gasteiger partial charge in [0, 0.05) is 67.4 Å². The minimum Gasteiger partial charge on any atom is -0.399 e. The van der Waals surface area contributed by atoms with Crippen LogP contribution in [0.15, 0.2) is 27.5 Å². The van der Waals surface area contributed by atoms with Crippen molar-refractivity contribution in [2.45, 2.75) is 77.7 Å². The number of carbonyl (C=O) groups excluding carboxylic acids is 1. The number of alkyl carbamates (subject to hydrolysis) is 1. The van der Waals surface area contributed by atoms with E-state index < -0.39 is 6.09 Å². The number of likely N-dealkylation sites (tertiary alicyclic amines) is 1. The molecule has 0 spiro atoms. The van der Waals surface area contributed by atoms with E-state index in [0.29, 0.717) is 29.6 Å². The average Bonchev–Trinajstić information content (AvgIpc) is 3.35. The highest BCUT2D eigenvalue weighted by atomic mass is 19.1. The molecular weight excluding hydrogens is 513 g/mol. The summed E-state index contributed by atoms with van der Waals surface area (Å²) in [4.78, 5) is 30.5. The molecule has 3 aromatic rings. The van der Waals surface area contributed by atoms with Crippen molar-refractivity contribution in [3.8, 4) is 0 Å². The number of amides is 1. The summed E-state index contributed by atoms with van der Waals surface area (Å²) in [5.41, 5.74) is 2.95. The molecule has 0 saturated carbocycles. The van der Waals surface area contributed by atoms with Gasteiger partial charge in [-0.3, -0.25) is 13.8 Å².